The van der Waals surface area contributed by atoms with Gasteiger partial charge in [-0.3, -0.25) is 0 Å². The van der Waals surface area contributed by atoms with E-state index in [9.17, 15) is 5.11 Å². The number of aliphatic hydroxyl groups is 1. The van der Waals surface area contributed by atoms with Crippen LogP contribution in [0.1, 0.15) is 36.3 Å². The molecule has 0 saturated carbocycles. The average molecular weight is 273 g/mol. The second-order valence-electron chi connectivity index (χ2n) is 4.52. The summed E-state index contributed by atoms with van der Waals surface area (Å²) in [5.74, 6) is 0.920. The van der Waals surface area contributed by atoms with Crippen LogP contribution in [0.5, 0.6) is 0 Å². The third-order valence-corrected chi connectivity index (χ3v) is 4.08. The normalized spacial score (nSPS) is 12.4. The molecule has 0 aliphatic heterocycles. The summed E-state index contributed by atoms with van der Waals surface area (Å²) in [6, 6.07) is 14.4. The number of benzene rings is 1. The lowest BCUT2D eigenvalue weighted by Crippen LogP contribution is -2.00. The molecular weight excluding hydrogens is 254 g/mol. The summed E-state index contributed by atoms with van der Waals surface area (Å²) >= 11 is 1.72. The first-order valence-electron chi connectivity index (χ1n) is 6.53. The van der Waals surface area contributed by atoms with Crippen LogP contribution in [-0.4, -0.2) is 10.1 Å². The minimum Gasteiger partial charge on any atom is -0.388 e. The summed E-state index contributed by atoms with van der Waals surface area (Å²) in [5.41, 5.74) is 3.16. The van der Waals surface area contributed by atoms with Crippen molar-refractivity contribution in [3.05, 3.63) is 59.3 Å². The molecule has 1 N–H and O–H groups in total. The quantitative estimate of drug-likeness (QED) is 0.832. The molecule has 19 heavy (non-hydrogen) atoms. The zero-order valence-electron chi connectivity index (χ0n) is 11.3. The van der Waals surface area contributed by atoms with Gasteiger partial charge >= 0.3 is 0 Å². The molecule has 3 heteroatoms. The summed E-state index contributed by atoms with van der Waals surface area (Å²) in [4.78, 5) is 4.56. The van der Waals surface area contributed by atoms with Gasteiger partial charge in [-0.05, 0) is 25.0 Å². The molecule has 100 valence electrons. The van der Waals surface area contributed by atoms with E-state index in [-0.39, 0.29) is 0 Å². The lowest BCUT2D eigenvalue weighted by molar-refractivity contribution is 0.172. The molecule has 1 aromatic heterocycles. The molecule has 0 radical (unpaired) electrons. The number of hydrogen-bond donors (Lipinski definition) is 1. The van der Waals surface area contributed by atoms with E-state index < -0.39 is 6.10 Å². The van der Waals surface area contributed by atoms with Crippen molar-refractivity contribution in [3.63, 3.8) is 0 Å². The molecule has 2 nitrogen and oxygen atoms in total. The molecule has 0 bridgehead atoms. The van der Waals surface area contributed by atoms with Crippen molar-refractivity contribution in [3.8, 4) is 0 Å². The van der Waals surface area contributed by atoms with Crippen molar-refractivity contribution >= 4 is 11.8 Å². The summed E-state index contributed by atoms with van der Waals surface area (Å²) in [7, 11) is 0. The van der Waals surface area contributed by atoms with Gasteiger partial charge < -0.3 is 5.11 Å². The van der Waals surface area contributed by atoms with Crippen LogP contribution in [0, 0.1) is 6.92 Å². The Balaban J connectivity index is 2.04. The zero-order chi connectivity index (χ0) is 13.7. The summed E-state index contributed by atoms with van der Waals surface area (Å²) in [6.45, 7) is 3.93. The van der Waals surface area contributed by atoms with Gasteiger partial charge in [0, 0.05) is 17.0 Å². The van der Waals surface area contributed by atoms with Gasteiger partial charge in [0.2, 0.25) is 0 Å². The third-order valence-electron chi connectivity index (χ3n) is 3.08. The number of aryl methyl sites for hydroxylation is 1. The van der Waals surface area contributed by atoms with Gasteiger partial charge in [0.15, 0.2) is 0 Å². The molecule has 0 aliphatic carbocycles. The van der Waals surface area contributed by atoms with E-state index >= 15 is 0 Å². The first-order chi connectivity index (χ1) is 9.20. The van der Waals surface area contributed by atoms with Gasteiger partial charge in [-0.2, -0.15) is 0 Å². The van der Waals surface area contributed by atoms with E-state index in [0.29, 0.717) is 0 Å². The fourth-order valence-corrected chi connectivity index (χ4v) is 2.81. The Bertz CT molecular complexity index is 528. The topological polar surface area (TPSA) is 33.1 Å². The Kier molecular flexibility index (Phi) is 5.00. The maximum absolute atomic E-state index is 9.86. The molecule has 0 spiro atoms. The van der Waals surface area contributed by atoms with Crippen LogP contribution in [0.3, 0.4) is 0 Å². The highest BCUT2D eigenvalue weighted by molar-refractivity contribution is 7.98. The molecule has 1 atom stereocenters. The number of rotatable bonds is 5. The number of aromatic nitrogens is 1. The molecule has 1 aromatic carbocycles. The molecule has 2 rings (SSSR count). The van der Waals surface area contributed by atoms with E-state index in [1.165, 1.54) is 5.56 Å². The van der Waals surface area contributed by atoms with Crippen molar-refractivity contribution in [1.82, 2.24) is 4.98 Å². The highest BCUT2D eigenvalue weighted by Gasteiger charge is 2.09. The second-order valence-corrected chi connectivity index (χ2v) is 5.52. The van der Waals surface area contributed by atoms with Crippen LogP contribution in [0.25, 0.3) is 0 Å². The Hall–Kier alpha value is -1.32. The van der Waals surface area contributed by atoms with Crippen molar-refractivity contribution < 1.29 is 5.11 Å². The second kappa shape index (κ2) is 6.73. The summed E-state index contributed by atoms with van der Waals surface area (Å²) in [5, 5.41) is 10.9. The first-order valence-corrected chi connectivity index (χ1v) is 7.51. The lowest BCUT2D eigenvalue weighted by Gasteiger charge is -2.12. The smallest absolute Gasteiger partial charge is 0.0966 e. The molecule has 2 aromatic rings. The van der Waals surface area contributed by atoms with Crippen LogP contribution in [-0.2, 0) is 5.75 Å². The number of aliphatic hydroxyl groups excluding tert-OH is 1. The van der Waals surface area contributed by atoms with Crippen LogP contribution in [0.2, 0.25) is 0 Å². The molecule has 1 unspecified atom stereocenters. The predicted molar refractivity (Wildman–Crippen MR) is 80.2 cm³/mol. The Morgan fingerprint density at radius 2 is 1.89 bits per heavy atom. The van der Waals surface area contributed by atoms with Gasteiger partial charge in [-0.25, -0.2) is 4.98 Å². The Morgan fingerprint density at radius 3 is 2.53 bits per heavy atom. The van der Waals surface area contributed by atoms with E-state index in [1.54, 1.807) is 11.8 Å². The lowest BCUT2D eigenvalue weighted by atomic mass is 10.1. The van der Waals surface area contributed by atoms with Gasteiger partial charge in [-0.15, -0.1) is 11.8 Å². The summed E-state index contributed by atoms with van der Waals surface area (Å²) in [6.07, 6.45) is 0.319. The standard InChI is InChI=1S/C16H19NOS/c1-3-15(18)14-9-10-16(17-12(14)2)19-11-13-7-5-4-6-8-13/h4-10,15,18H,3,11H2,1-2H3. The van der Waals surface area contributed by atoms with Gasteiger partial charge in [0.25, 0.3) is 0 Å². The highest BCUT2D eigenvalue weighted by Crippen LogP contribution is 2.25. The predicted octanol–water partition coefficient (Wildman–Crippen LogP) is 4.13. The van der Waals surface area contributed by atoms with Crippen molar-refractivity contribution in [1.29, 1.82) is 0 Å². The average Bonchev–Trinajstić information content (AvgIpc) is 2.45. The van der Waals surface area contributed by atoms with Gasteiger partial charge in [0.1, 0.15) is 0 Å². The van der Waals surface area contributed by atoms with Crippen molar-refractivity contribution in [2.45, 2.75) is 37.2 Å². The molecule has 0 fully saturated rings. The van der Waals surface area contributed by atoms with E-state index in [0.717, 1.165) is 28.5 Å². The Labute approximate surface area is 118 Å². The maximum atomic E-state index is 9.86. The van der Waals surface area contributed by atoms with Crippen LogP contribution >= 0.6 is 11.8 Å². The zero-order valence-corrected chi connectivity index (χ0v) is 12.2. The van der Waals surface area contributed by atoms with Crippen molar-refractivity contribution in [2.24, 2.45) is 0 Å². The molecule has 0 saturated heterocycles. The highest BCUT2D eigenvalue weighted by atomic mass is 32.2. The number of pyridine rings is 1. The number of nitrogens with zero attached hydrogens (tertiary/aromatic N) is 1. The fourth-order valence-electron chi connectivity index (χ4n) is 1.93. The van der Waals surface area contributed by atoms with E-state index in [2.05, 4.69) is 29.2 Å². The van der Waals surface area contributed by atoms with Crippen LogP contribution in [0.15, 0.2) is 47.5 Å². The molecular formula is C16H19NOS. The van der Waals surface area contributed by atoms with E-state index in [4.69, 9.17) is 0 Å². The monoisotopic (exact) mass is 273 g/mol. The Morgan fingerprint density at radius 1 is 1.16 bits per heavy atom. The van der Waals surface area contributed by atoms with E-state index in [1.807, 2.05) is 32.0 Å². The summed E-state index contributed by atoms with van der Waals surface area (Å²) < 4.78 is 0. The maximum Gasteiger partial charge on any atom is 0.0966 e. The SMILES string of the molecule is CCC(O)c1ccc(SCc2ccccc2)nc1C. The first kappa shape index (κ1) is 14.1. The molecule has 1 heterocycles. The largest absolute Gasteiger partial charge is 0.388 e. The molecule has 0 aliphatic rings. The number of hydrogen-bond acceptors (Lipinski definition) is 3. The number of thioether (sulfide) groups is 1. The van der Waals surface area contributed by atoms with Crippen LogP contribution < -0.4 is 0 Å². The van der Waals surface area contributed by atoms with Gasteiger partial charge in [0.05, 0.1) is 11.1 Å². The minimum atomic E-state index is -0.402. The minimum absolute atomic E-state index is 0.402. The molecule has 0 amide bonds. The fraction of sp³-hybridized carbons (Fsp3) is 0.312. The third kappa shape index (κ3) is 3.82. The van der Waals surface area contributed by atoms with Crippen LogP contribution in [0.4, 0.5) is 0 Å². The van der Waals surface area contributed by atoms with Gasteiger partial charge in [-0.1, -0.05) is 43.3 Å². The van der Waals surface area contributed by atoms with Crippen molar-refractivity contribution in [2.75, 3.05) is 0 Å².